The lowest BCUT2D eigenvalue weighted by molar-refractivity contribution is -0.133. The molecule has 0 atom stereocenters. The van der Waals surface area contributed by atoms with Gasteiger partial charge >= 0.3 is 12.3 Å². The number of pyridine rings is 1. The summed E-state index contributed by atoms with van der Waals surface area (Å²) in [5, 5.41) is 2.63. The van der Waals surface area contributed by atoms with E-state index in [1.54, 1.807) is 47.4 Å². The highest BCUT2D eigenvalue weighted by atomic mass is 32.1. The lowest BCUT2D eigenvalue weighted by Crippen LogP contribution is -2.50. The van der Waals surface area contributed by atoms with Crippen molar-refractivity contribution in [1.82, 2.24) is 9.88 Å². The number of aromatic nitrogens is 1. The Hall–Kier alpha value is -3.60. The highest BCUT2D eigenvalue weighted by molar-refractivity contribution is 7.14. The molecule has 37 heavy (non-hydrogen) atoms. The average Bonchev–Trinajstić information content (AvgIpc) is 3.31. The van der Waals surface area contributed by atoms with Crippen LogP contribution in [0, 0.1) is 0 Å². The first-order valence-corrected chi connectivity index (χ1v) is 12.5. The fourth-order valence-corrected chi connectivity index (χ4v) is 4.77. The molecule has 0 spiro atoms. The van der Waals surface area contributed by atoms with Crippen molar-refractivity contribution >= 4 is 34.8 Å². The predicted octanol–water partition coefficient (Wildman–Crippen LogP) is 6.14. The van der Waals surface area contributed by atoms with Gasteiger partial charge in [0.1, 0.15) is 16.3 Å². The van der Waals surface area contributed by atoms with Gasteiger partial charge in [0.2, 0.25) is 0 Å². The summed E-state index contributed by atoms with van der Waals surface area (Å²) in [7, 11) is 0. The Balaban J connectivity index is 1.40. The number of thiophene rings is 1. The summed E-state index contributed by atoms with van der Waals surface area (Å²) in [6.45, 7) is 7.56. The number of halogens is 3. The first-order chi connectivity index (χ1) is 17.4. The minimum absolute atomic E-state index is 0.0257. The molecule has 1 N–H and O–H groups in total. The minimum atomic E-state index is -4.58. The maximum Gasteiger partial charge on any atom is 0.426 e. The van der Waals surface area contributed by atoms with Gasteiger partial charge in [0, 0.05) is 31.7 Å². The summed E-state index contributed by atoms with van der Waals surface area (Å²) in [4.78, 5) is 32.2. The Kier molecular flexibility index (Phi) is 7.44. The Labute approximate surface area is 216 Å². The van der Waals surface area contributed by atoms with Gasteiger partial charge < -0.3 is 19.9 Å². The van der Waals surface area contributed by atoms with Crippen LogP contribution in [0.1, 0.15) is 35.3 Å². The molecule has 0 unspecified atom stereocenters. The summed E-state index contributed by atoms with van der Waals surface area (Å²) >= 11 is 0.412. The summed E-state index contributed by atoms with van der Waals surface area (Å²) in [6.07, 6.45) is -3.47. The highest BCUT2D eigenvalue weighted by Crippen LogP contribution is 2.43. The predicted molar refractivity (Wildman–Crippen MR) is 137 cm³/mol. The van der Waals surface area contributed by atoms with Crippen molar-refractivity contribution in [2.24, 2.45) is 0 Å². The molecule has 196 valence electrons. The van der Waals surface area contributed by atoms with Crippen molar-refractivity contribution in [2.45, 2.75) is 32.5 Å². The zero-order chi connectivity index (χ0) is 26.8. The van der Waals surface area contributed by atoms with Crippen LogP contribution in [-0.2, 0) is 10.9 Å². The quantitative estimate of drug-likeness (QED) is 0.437. The molecule has 2 amide bonds. The number of carbonyl (C=O) groups is 2. The van der Waals surface area contributed by atoms with E-state index in [1.165, 1.54) is 12.3 Å². The molecule has 1 fully saturated rings. The lowest BCUT2D eigenvalue weighted by atomic mass is 10.1. The third-order valence-corrected chi connectivity index (χ3v) is 6.74. The van der Waals surface area contributed by atoms with Gasteiger partial charge in [-0.25, -0.2) is 9.78 Å². The van der Waals surface area contributed by atoms with Gasteiger partial charge in [-0.05, 0) is 44.5 Å². The van der Waals surface area contributed by atoms with Gasteiger partial charge in [0.15, 0.2) is 0 Å². The maximum absolute atomic E-state index is 13.6. The van der Waals surface area contributed by atoms with Crippen LogP contribution in [0.15, 0.2) is 54.7 Å². The first-order valence-electron chi connectivity index (χ1n) is 11.7. The van der Waals surface area contributed by atoms with Crippen LogP contribution in [0.4, 0.5) is 29.5 Å². The number of alkyl halides is 3. The number of nitrogens with one attached hydrogen (secondary N) is 1. The number of nitrogens with zero attached hydrogens (tertiary/aromatic N) is 3. The first kappa shape index (κ1) is 26.5. The van der Waals surface area contributed by atoms with E-state index in [4.69, 9.17) is 4.74 Å². The molecule has 1 aliphatic rings. The van der Waals surface area contributed by atoms with E-state index in [0.29, 0.717) is 54.6 Å². The number of anilines is 2. The van der Waals surface area contributed by atoms with E-state index in [9.17, 15) is 22.8 Å². The summed E-state index contributed by atoms with van der Waals surface area (Å²) < 4.78 is 46.3. The van der Waals surface area contributed by atoms with Crippen LogP contribution < -0.4 is 10.2 Å². The molecule has 1 saturated heterocycles. The molecule has 7 nitrogen and oxygen atoms in total. The summed E-state index contributed by atoms with van der Waals surface area (Å²) in [5.74, 6) is 0.0295. The van der Waals surface area contributed by atoms with E-state index in [1.807, 2.05) is 25.7 Å². The van der Waals surface area contributed by atoms with Crippen LogP contribution in [-0.4, -0.2) is 53.7 Å². The van der Waals surface area contributed by atoms with Crippen LogP contribution in [0.2, 0.25) is 0 Å². The number of ether oxygens (including phenoxy) is 1. The largest absolute Gasteiger partial charge is 0.444 e. The van der Waals surface area contributed by atoms with Crippen LogP contribution in [0.3, 0.4) is 0 Å². The number of piperazine rings is 1. The van der Waals surface area contributed by atoms with Crippen molar-refractivity contribution in [3.8, 4) is 11.1 Å². The van der Waals surface area contributed by atoms with Crippen LogP contribution >= 0.6 is 11.3 Å². The van der Waals surface area contributed by atoms with Crippen LogP contribution in [0.25, 0.3) is 11.1 Å². The van der Waals surface area contributed by atoms with Crippen molar-refractivity contribution in [2.75, 3.05) is 36.4 Å². The van der Waals surface area contributed by atoms with E-state index >= 15 is 0 Å². The molecule has 2 aromatic heterocycles. The number of rotatable bonds is 4. The van der Waals surface area contributed by atoms with E-state index < -0.39 is 22.6 Å². The fourth-order valence-electron chi connectivity index (χ4n) is 3.83. The van der Waals surface area contributed by atoms with Crippen molar-refractivity contribution in [3.63, 3.8) is 0 Å². The molecule has 0 aliphatic carbocycles. The topological polar surface area (TPSA) is 74.8 Å². The normalized spacial score (nSPS) is 14.4. The number of carbonyl (C=O) groups excluding carboxylic acids is 2. The molecule has 4 rings (SSSR count). The number of hydrogen-bond donors (Lipinski definition) is 1. The second-order valence-electron chi connectivity index (χ2n) is 9.53. The van der Waals surface area contributed by atoms with Gasteiger partial charge in [0.25, 0.3) is 5.91 Å². The molecule has 11 heteroatoms. The molecule has 1 aliphatic heterocycles. The van der Waals surface area contributed by atoms with E-state index in [0.717, 1.165) is 0 Å². The Morgan fingerprint density at radius 2 is 1.68 bits per heavy atom. The number of benzene rings is 1. The highest BCUT2D eigenvalue weighted by Gasteiger charge is 2.37. The molecular formula is C26H27F3N4O3S. The third kappa shape index (κ3) is 6.59. The maximum atomic E-state index is 13.6. The smallest absolute Gasteiger partial charge is 0.426 e. The van der Waals surface area contributed by atoms with Crippen molar-refractivity contribution in [1.29, 1.82) is 0 Å². The van der Waals surface area contributed by atoms with Gasteiger partial charge in [-0.15, -0.1) is 11.3 Å². The lowest BCUT2D eigenvalue weighted by Gasteiger charge is -2.36. The Bertz CT molecular complexity index is 1250. The zero-order valence-electron chi connectivity index (χ0n) is 20.6. The second kappa shape index (κ2) is 10.4. The monoisotopic (exact) mass is 532 g/mol. The molecule has 0 saturated carbocycles. The second-order valence-corrected chi connectivity index (χ2v) is 10.6. The fraction of sp³-hybridized carbons (Fsp3) is 0.346. The molecule has 0 bridgehead atoms. The Morgan fingerprint density at radius 3 is 2.24 bits per heavy atom. The SMILES string of the molecule is CC(C)(C)OC(=O)N1CCN(c2ccc(NC(=O)c3cc(-c4ccccc4)c(C(F)(F)F)s3)cn2)CC1. The van der Waals surface area contributed by atoms with Gasteiger partial charge in [-0.3, -0.25) is 4.79 Å². The number of hydrogen-bond acceptors (Lipinski definition) is 6. The molecule has 3 heterocycles. The standard InChI is InChI=1S/C26H27F3N4O3S/c1-25(2,3)36-24(35)33-13-11-32(12-14-33)21-10-9-18(16-30-21)31-23(34)20-15-19(17-7-5-4-6-8-17)22(37-20)26(27,28)29/h4-10,15-16H,11-14H2,1-3H3,(H,31,34). The van der Waals surface area contributed by atoms with Crippen molar-refractivity contribution < 1.29 is 27.5 Å². The Morgan fingerprint density at radius 1 is 1.00 bits per heavy atom. The average molecular weight is 533 g/mol. The van der Waals surface area contributed by atoms with E-state index in [-0.39, 0.29) is 16.5 Å². The molecule has 3 aromatic rings. The number of amides is 2. The zero-order valence-corrected chi connectivity index (χ0v) is 21.4. The minimum Gasteiger partial charge on any atom is -0.444 e. The summed E-state index contributed by atoms with van der Waals surface area (Å²) in [6, 6.07) is 12.8. The summed E-state index contributed by atoms with van der Waals surface area (Å²) in [5.41, 5.74) is 0.172. The molecular weight excluding hydrogens is 505 g/mol. The third-order valence-electron chi connectivity index (χ3n) is 5.56. The van der Waals surface area contributed by atoms with Gasteiger partial charge in [0.05, 0.1) is 16.8 Å². The van der Waals surface area contributed by atoms with Gasteiger partial charge in [-0.1, -0.05) is 30.3 Å². The molecule has 1 aromatic carbocycles. The van der Waals surface area contributed by atoms with E-state index in [2.05, 4.69) is 10.3 Å². The van der Waals surface area contributed by atoms with Crippen molar-refractivity contribution in [3.05, 3.63) is 64.5 Å². The van der Waals surface area contributed by atoms with Gasteiger partial charge in [-0.2, -0.15) is 13.2 Å². The molecule has 0 radical (unpaired) electrons. The van der Waals surface area contributed by atoms with Crippen LogP contribution in [0.5, 0.6) is 0 Å².